The number of hydrogen-bond acceptors (Lipinski definition) is 3. The molecule has 0 saturated carbocycles. The predicted octanol–water partition coefficient (Wildman–Crippen LogP) is 3.78. The maximum atomic E-state index is 12.3. The molecular formula is C21H26N2O2. The summed E-state index contributed by atoms with van der Waals surface area (Å²) in [5.41, 5.74) is 2.07. The van der Waals surface area contributed by atoms with Gasteiger partial charge in [0.15, 0.2) is 0 Å². The van der Waals surface area contributed by atoms with Gasteiger partial charge in [-0.25, -0.2) is 0 Å². The van der Waals surface area contributed by atoms with E-state index in [4.69, 9.17) is 4.74 Å². The minimum atomic E-state index is -0.0921. The van der Waals surface area contributed by atoms with Crippen molar-refractivity contribution in [2.45, 2.75) is 44.7 Å². The Morgan fingerprint density at radius 3 is 2.60 bits per heavy atom. The van der Waals surface area contributed by atoms with Crippen molar-refractivity contribution in [3.05, 3.63) is 60.2 Å². The Kier molecular flexibility index (Phi) is 6.07. The van der Waals surface area contributed by atoms with Crippen LogP contribution in [0.3, 0.4) is 0 Å². The largest absolute Gasteiger partial charge is 0.493 e. The van der Waals surface area contributed by atoms with E-state index in [1.54, 1.807) is 0 Å². The minimum absolute atomic E-state index is 0.0456. The molecule has 132 valence electrons. The zero-order valence-electron chi connectivity index (χ0n) is 14.7. The molecule has 2 N–H and O–H groups in total. The first-order chi connectivity index (χ1) is 12.2. The molecule has 1 aliphatic heterocycles. The fraction of sp³-hybridized carbons (Fsp3) is 0.381. The summed E-state index contributed by atoms with van der Waals surface area (Å²) in [6.07, 6.45) is 4.01. The molecule has 0 bridgehead atoms. The molecule has 2 aromatic rings. The van der Waals surface area contributed by atoms with Gasteiger partial charge in [-0.15, -0.1) is 0 Å². The van der Waals surface area contributed by atoms with Crippen molar-refractivity contribution >= 4 is 11.6 Å². The molecule has 0 aliphatic carbocycles. The summed E-state index contributed by atoms with van der Waals surface area (Å²) in [6, 6.07) is 18.2. The number of rotatable bonds is 6. The normalized spacial score (nSPS) is 20.0. The van der Waals surface area contributed by atoms with Crippen molar-refractivity contribution < 1.29 is 9.53 Å². The highest BCUT2D eigenvalue weighted by atomic mass is 16.5. The molecule has 3 rings (SSSR count). The summed E-state index contributed by atoms with van der Waals surface area (Å²) in [5.74, 6) is 0.864. The van der Waals surface area contributed by atoms with Crippen molar-refractivity contribution in [3.8, 4) is 5.75 Å². The number of benzene rings is 2. The quantitative estimate of drug-likeness (QED) is 0.843. The van der Waals surface area contributed by atoms with E-state index in [1.807, 2.05) is 42.5 Å². The monoisotopic (exact) mass is 338 g/mol. The molecule has 25 heavy (non-hydrogen) atoms. The second-order valence-electron chi connectivity index (χ2n) is 6.65. The van der Waals surface area contributed by atoms with Crippen molar-refractivity contribution in [3.63, 3.8) is 0 Å². The molecule has 1 fully saturated rings. The summed E-state index contributed by atoms with van der Waals surface area (Å²) in [4.78, 5) is 12.3. The smallest absolute Gasteiger partial charge is 0.241 e. The Bertz CT molecular complexity index is 670. The fourth-order valence-electron chi connectivity index (χ4n) is 3.14. The third kappa shape index (κ3) is 5.33. The van der Waals surface area contributed by atoms with E-state index in [-0.39, 0.29) is 11.9 Å². The lowest BCUT2D eigenvalue weighted by Crippen LogP contribution is -2.47. The van der Waals surface area contributed by atoms with E-state index in [1.165, 1.54) is 5.56 Å². The molecule has 1 saturated heterocycles. The molecule has 1 amide bonds. The second kappa shape index (κ2) is 8.67. The van der Waals surface area contributed by atoms with Gasteiger partial charge in [-0.05, 0) is 56.0 Å². The van der Waals surface area contributed by atoms with Crippen molar-refractivity contribution in [2.24, 2.45) is 0 Å². The number of hydrogen-bond donors (Lipinski definition) is 2. The Balaban J connectivity index is 1.46. The van der Waals surface area contributed by atoms with Gasteiger partial charge in [0.05, 0.1) is 12.6 Å². The van der Waals surface area contributed by atoms with Crippen LogP contribution in [-0.4, -0.2) is 24.6 Å². The van der Waals surface area contributed by atoms with Crippen molar-refractivity contribution in [2.75, 3.05) is 11.9 Å². The lowest BCUT2D eigenvalue weighted by Gasteiger charge is -2.27. The van der Waals surface area contributed by atoms with Gasteiger partial charge < -0.3 is 15.4 Å². The van der Waals surface area contributed by atoms with Gasteiger partial charge in [-0.1, -0.05) is 30.3 Å². The number of anilines is 1. The topological polar surface area (TPSA) is 50.4 Å². The summed E-state index contributed by atoms with van der Waals surface area (Å²) in [5, 5.41) is 6.34. The average Bonchev–Trinajstić information content (AvgIpc) is 2.64. The van der Waals surface area contributed by atoms with Crippen LogP contribution in [0.2, 0.25) is 0 Å². The van der Waals surface area contributed by atoms with Gasteiger partial charge in [-0.2, -0.15) is 0 Å². The Labute approximate surface area is 149 Å². The van der Waals surface area contributed by atoms with Gasteiger partial charge >= 0.3 is 0 Å². The third-order valence-corrected chi connectivity index (χ3v) is 4.56. The molecule has 0 spiro atoms. The van der Waals surface area contributed by atoms with Gasteiger partial charge in [-0.3, -0.25) is 4.79 Å². The van der Waals surface area contributed by atoms with Crippen LogP contribution in [0.25, 0.3) is 0 Å². The molecular weight excluding hydrogens is 312 g/mol. The number of nitrogens with one attached hydrogen (secondary N) is 2. The van der Waals surface area contributed by atoms with Crippen LogP contribution in [0.4, 0.5) is 5.69 Å². The summed E-state index contributed by atoms with van der Waals surface area (Å²) >= 11 is 0. The van der Waals surface area contributed by atoms with Crippen molar-refractivity contribution in [1.29, 1.82) is 0 Å². The highest BCUT2D eigenvalue weighted by Gasteiger charge is 2.23. The molecule has 1 heterocycles. The predicted molar refractivity (Wildman–Crippen MR) is 101 cm³/mol. The first kappa shape index (κ1) is 17.5. The van der Waals surface area contributed by atoms with E-state index >= 15 is 0 Å². The fourth-order valence-corrected chi connectivity index (χ4v) is 3.14. The van der Waals surface area contributed by atoms with Crippen LogP contribution < -0.4 is 15.4 Å². The van der Waals surface area contributed by atoms with Crippen LogP contribution in [0.1, 0.15) is 31.7 Å². The molecule has 4 nitrogen and oxygen atoms in total. The first-order valence-electron chi connectivity index (χ1n) is 9.04. The number of ether oxygens (including phenoxy) is 1. The lowest BCUT2D eigenvalue weighted by atomic mass is 9.99. The Morgan fingerprint density at radius 1 is 1.12 bits per heavy atom. The maximum Gasteiger partial charge on any atom is 0.241 e. The molecule has 0 aromatic heterocycles. The zero-order chi connectivity index (χ0) is 17.5. The average molecular weight is 338 g/mol. The van der Waals surface area contributed by atoms with Gasteiger partial charge in [0.25, 0.3) is 0 Å². The second-order valence-corrected chi connectivity index (χ2v) is 6.65. The van der Waals surface area contributed by atoms with Gasteiger partial charge in [0.1, 0.15) is 5.75 Å². The first-order valence-corrected chi connectivity index (χ1v) is 9.04. The number of amides is 1. The SMILES string of the molecule is CC1CCCC(C(=O)Nc2ccc(OCCc3ccccc3)cc2)N1. The van der Waals surface area contributed by atoms with Crippen LogP contribution in [0, 0.1) is 0 Å². The van der Waals surface area contributed by atoms with E-state index in [0.29, 0.717) is 12.6 Å². The third-order valence-electron chi connectivity index (χ3n) is 4.56. The zero-order valence-corrected chi connectivity index (χ0v) is 14.7. The maximum absolute atomic E-state index is 12.3. The van der Waals surface area contributed by atoms with Crippen LogP contribution in [-0.2, 0) is 11.2 Å². The van der Waals surface area contributed by atoms with Crippen LogP contribution in [0.15, 0.2) is 54.6 Å². The Morgan fingerprint density at radius 2 is 1.88 bits per heavy atom. The van der Waals surface area contributed by atoms with Crippen LogP contribution in [0.5, 0.6) is 5.75 Å². The van der Waals surface area contributed by atoms with Crippen LogP contribution >= 0.6 is 0 Å². The van der Waals surface area contributed by atoms with Gasteiger partial charge in [0.2, 0.25) is 5.91 Å². The summed E-state index contributed by atoms with van der Waals surface area (Å²) in [7, 11) is 0. The lowest BCUT2D eigenvalue weighted by molar-refractivity contribution is -0.118. The molecule has 1 aliphatic rings. The molecule has 2 unspecified atom stereocenters. The Hall–Kier alpha value is -2.33. The van der Waals surface area contributed by atoms with E-state index in [0.717, 1.165) is 37.1 Å². The van der Waals surface area contributed by atoms with Crippen molar-refractivity contribution in [1.82, 2.24) is 5.32 Å². The van der Waals surface area contributed by atoms with E-state index in [9.17, 15) is 4.79 Å². The highest BCUT2D eigenvalue weighted by Crippen LogP contribution is 2.18. The molecule has 2 atom stereocenters. The minimum Gasteiger partial charge on any atom is -0.493 e. The standard InChI is InChI=1S/C21H26N2O2/c1-16-6-5-9-20(22-16)21(24)23-18-10-12-19(13-11-18)25-15-14-17-7-3-2-4-8-17/h2-4,7-8,10-13,16,20,22H,5-6,9,14-15H2,1H3,(H,23,24). The number of carbonyl (C=O) groups is 1. The number of piperidine rings is 1. The number of carbonyl (C=O) groups excluding carboxylic acids is 1. The van der Waals surface area contributed by atoms with Gasteiger partial charge in [0, 0.05) is 18.2 Å². The summed E-state index contributed by atoms with van der Waals surface area (Å²) in [6.45, 7) is 2.76. The summed E-state index contributed by atoms with van der Waals surface area (Å²) < 4.78 is 5.78. The molecule has 0 radical (unpaired) electrons. The van der Waals surface area contributed by atoms with E-state index in [2.05, 4.69) is 29.7 Å². The highest BCUT2D eigenvalue weighted by molar-refractivity contribution is 5.94. The van der Waals surface area contributed by atoms with E-state index < -0.39 is 0 Å². The molecule has 2 aromatic carbocycles. The molecule has 4 heteroatoms.